The first-order chi connectivity index (χ1) is 9.75. The fourth-order valence-corrected chi connectivity index (χ4v) is 2.92. The van der Waals surface area contributed by atoms with Crippen LogP contribution < -0.4 is 10.6 Å². The maximum atomic E-state index is 11.9. The quantitative estimate of drug-likeness (QED) is 0.812. The lowest BCUT2D eigenvalue weighted by Gasteiger charge is -2.10. The highest BCUT2D eigenvalue weighted by molar-refractivity contribution is 5.86. The van der Waals surface area contributed by atoms with Crippen molar-refractivity contribution in [2.24, 2.45) is 0 Å². The van der Waals surface area contributed by atoms with Gasteiger partial charge in [-0.3, -0.25) is 4.79 Å². The van der Waals surface area contributed by atoms with Gasteiger partial charge in [-0.2, -0.15) is 0 Å². The summed E-state index contributed by atoms with van der Waals surface area (Å²) in [6, 6.07) is 6.33. The third-order valence-electron chi connectivity index (χ3n) is 4.08. The molecular formula is C16H22ClN3O. The molecule has 1 fully saturated rings. The summed E-state index contributed by atoms with van der Waals surface area (Å²) < 4.78 is 0. The maximum absolute atomic E-state index is 11.9. The molecule has 0 bridgehead atoms. The van der Waals surface area contributed by atoms with Crippen LogP contribution in [0.4, 0.5) is 0 Å². The number of halogens is 1. The van der Waals surface area contributed by atoms with Crippen LogP contribution in [0.2, 0.25) is 0 Å². The third-order valence-corrected chi connectivity index (χ3v) is 4.08. The molecule has 0 radical (unpaired) electrons. The summed E-state index contributed by atoms with van der Waals surface area (Å²) in [6.45, 7) is 3.76. The number of hydrogen-bond acceptors (Lipinski definition) is 2. The van der Waals surface area contributed by atoms with Crippen molar-refractivity contribution in [2.45, 2.75) is 32.2 Å². The average Bonchev–Trinajstić information content (AvgIpc) is 3.09. The van der Waals surface area contributed by atoms with Crippen molar-refractivity contribution in [2.75, 3.05) is 13.1 Å². The lowest BCUT2D eigenvalue weighted by Crippen LogP contribution is -2.41. The molecule has 1 atom stereocenters. The first kappa shape index (κ1) is 15.9. The van der Waals surface area contributed by atoms with Gasteiger partial charge in [0.15, 0.2) is 0 Å². The Hall–Kier alpha value is -1.52. The van der Waals surface area contributed by atoms with Crippen molar-refractivity contribution in [1.82, 2.24) is 15.6 Å². The first-order valence-corrected chi connectivity index (χ1v) is 7.32. The van der Waals surface area contributed by atoms with E-state index in [4.69, 9.17) is 0 Å². The van der Waals surface area contributed by atoms with Crippen LogP contribution >= 0.6 is 12.4 Å². The number of carbonyl (C=O) groups excluding carboxylic acids is 1. The number of benzene rings is 1. The van der Waals surface area contributed by atoms with Crippen LogP contribution in [0.3, 0.4) is 0 Å². The van der Waals surface area contributed by atoms with Crippen molar-refractivity contribution >= 4 is 29.2 Å². The third kappa shape index (κ3) is 3.39. The molecule has 1 saturated heterocycles. The molecule has 1 aliphatic heterocycles. The van der Waals surface area contributed by atoms with Crippen LogP contribution in [-0.4, -0.2) is 30.0 Å². The summed E-state index contributed by atoms with van der Waals surface area (Å²) in [4.78, 5) is 15.2. The van der Waals surface area contributed by atoms with E-state index in [1.165, 1.54) is 22.0 Å². The Morgan fingerprint density at radius 2 is 2.29 bits per heavy atom. The number of amides is 1. The van der Waals surface area contributed by atoms with E-state index in [9.17, 15) is 4.79 Å². The van der Waals surface area contributed by atoms with Gasteiger partial charge in [-0.15, -0.1) is 12.4 Å². The number of para-hydroxylation sites is 1. The zero-order chi connectivity index (χ0) is 13.9. The Morgan fingerprint density at radius 1 is 1.43 bits per heavy atom. The van der Waals surface area contributed by atoms with E-state index in [1.807, 2.05) is 0 Å². The molecule has 0 aliphatic carbocycles. The van der Waals surface area contributed by atoms with Gasteiger partial charge in [0.1, 0.15) is 0 Å². The van der Waals surface area contributed by atoms with E-state index in [2.05, 4.69) is 46.9 Å². The molecule has 0 saturated carbocycles. The van der Waals surface area contributed by atoms with E-state index < -0.39 is 0 Å². The largest absolute Gasteiger partial charge is 0.361 e. The van der Waals surface area contributed by atoms with Gasteiger partial charge in [0.05, 0.1) is 6.04 Å². The number of carbonyl (C=O) groups is 1. The number of aryl methyl sites for hydroxylation is 1. The smallest absolute Gasteiger partial charge is 0.237 e. The van der Waals surface area contributed by atoms with Crippen molar-refractivity contribution in [3.05, 3.63) is 35.5 Å². The molecule has 0 spiro atoms. The highest BCUT2D eigenvalue weighted by Gasteiger charge is 2.21. The molecule has 1 aliphatic rings. The monoisotopic (exact) mass is 307 g/mol. The minimum Gasteiger partial charge on any atom is -0.361 e. The molecule has 21 heavy (non-hydrogen) atoms. The summed E-state index contributed by atoms with van der Waals surface area (Å²) in [5.74, 6) is 0.138. The second kappa shape index (κ2) is 6.96. The van der Waals surface area contributed by atoms with E-state index in [0.29, 0.717) is 6.54 Å². The Bertz CT molecular complexity index is 617. The highest BCUT2D eigenvalue weighted by atomic mass is 35.5. The minimum absolute atomic E-state index is 0. The fourth-order valence-electron chi connectivity index (χ4n) is 2.92. The SMILES string of the molecule is Cc1cccc2c(CCNC(=O)C3CCCN3)c[nH]c12.Cl. The summed E-state index contributed by atoms with van der Waals surface area (Å²) in [6.07, 6.45) is 4.97. The molecule has 3 N–H and O–H groups in total. The van der Waals surface area contributed by atoms with Crippen LogP contribution in [-0.2, 0) is 11.2 Å². The summed E-state index contributed by atoms with van der Waals surface area (Å²) in [5.41, 5.74) is 3.72. The van der Waals surface area contributed by atoms with Gasteiger partial charge in [0.25, 0.3) is 0 Å². The van der Waals surface area contributed by atoms with E-state index in [0.717, 1.165) is 25.8 Å². The normalized spacial score (nSPS) is 17.7. The standard InChI is InChI=1S/C16H21N3O.ClH/c1-11-4-2-5-13-12(10-19-15(11)13)7-9-18-16(20)14-6-3-8-17-14;/h2,4-5,10,14,17,19H,3,6-9H2,1H3,(H,18,20);1H. The molecule has 1 amide bonds. The van der Waals surface area contributed by atoms with Crippen molar-refractivity contribution in [1.29, 1.82) is 0 Å². The summed E-state index contributed by atoms with van der Waals surface area (Å²) in [7, 11) is 0. The van der Waals surface area contributed by atoms with Crippen LogP contribution in [0.5, 0.6) is 0 Å². The summed E-state index contributed by atoms with van der Waals surface area (Å²) >= 11 is 0. The molecule has 1 aromatic carbocycles. The Morgan fingerprint density at radius 3 is 3.05 bits per heavy atom. The molecule has 3 rings (SSSR count). The van der Waals surface area contributed by atoms with Gasteiger partial charge >= 0.3 is 0 Å². The zero-order valence-corrected chi connectivity index (χ0v) is 13.1. The zero-order valence-electron chi connectivity index (χ0n) is 12.2. The minimum atomic E-state index is 0. The predicted octanol–water partition coefficient (Wildman–Crippen LogP) is 2.31. The van der Waals surface area contributed by atoms with Crippen LogP contribution in [0, 0.1) is 6.92 Å². The molecule has 1 unspecified atom stereocenters. The van der Waals surface area contributed by atoms with Gasteiger partial charge < -0.3 is 15.6 Å². The van der Waals surface area contributed by atoms with E-state index >= 15 is 0 Å². The lowest BCUT2D eigenvalue weighted by molar-refractivity contribution is -0.122. The Labute approximate surface area is 131 Å². The van der Waals surface area contributed by atoms with Crippen molar-refractivity contribution in [3.8, 4) is 0 Å². The number of aromatic nitrogens is 1. The van der Waals surface area contributed by atoms with Gasteiger partial charge in [-0.25, -0.2) is 0 Å². The number of nitrogens with one attached hydrogen (secondary N) is 3. The molecule has 2 heterocycles. The van der Waals surface area contributed by atoms with Crippen LogP contribution in [0.15, 0.2) is 24.4 Å². The molecule has 114 valence electrons. The molecule has 4 nitrogen and oxygen atoms in total. The Kier molecular flexibility index (Phi) is 5.26. The topological polar surface area (TPSA) is 56.9 Å². The van der Waals surface area contributed by atoms with Gasteiger partial charge in [-0.05, 0) is 43.9 Å². The van der Waals surface area contributed by atoms with Crippen LogP contribution in [0.1, 0.15) is 24.0 Å². The van der Waals surface area contributed by atoms with Gasteiger partial charge in [0.2, 0.25) is 5.91 Å². The number of rotatable bonds is 4. The van der Waals surface area contributed by atoms with Crippen molar-refractivity contribution < 1.29 is 4.79 Å². The molecule has 5 heteroatoms. The van der Waals surface area contributed by atoms with Crippen molar-refractivity contribution in [3.63, 3.8) is 0 Å². The Balaban J connectivity index is 0.00000161. The number of aromatic amines is 1. The highest BCUT2D eigenvalue weighted by Crippen LogP contribution is 2.21. The summed E-state index contributed by atoms with van der Waals surface area (Å²) in [5, 5.41) is 7.51. The number of H-pyrrole nitrogens is 1. The van der Waals surface area contributed by atoms with E-state index in [-0.39, 0.29) is 24.4 Å². The van der Waals surface area contributed by atoms with E-state index in [1.54, 1.807) is 0 Å². The predicted molar refractivity (Wildman–Crippen MR) is 88.0 cm³/mol. The lowest BCUT2D eigenvalue weighted by atomic mass is 10.1. The average molecular weight is 308 g/mol. The van der Waals surface area contributed by atoms with Crippen LogP contribution in [0.25, 0.3) is 10.9 Å². The molecule has 2 aromatic rings. The van der Waals surface area contributed by atoms with Gasteiger partial charge in [-0.1, -0.05) is 18.2 Å². The van der Waals surface area contributed by atoms with Gasteiger partial charge in [0, 0.05) is 23.6 Å². The fraction of sp³-hybridized carbons (Fsp3) is 0.438. The number of hydrogen-bond donors (Lipinski definition) is 3. The number of fused-ring (bicyclic) bond motifs is 1. The second-order valence-corrected chi connectivity index (χ2v) is 5.50. The molecular weight excluding hydrogens is 286 g/mol. The first-order valence-electron chi connectivity index (χ1n) is 7.32. The maximum Gasteiger partial charge on any atom is 0.237 e. The molecule has 1 aromatic heterocycles. The second-order valence-electron chi connectivity index (χ2n) is 5.50.